The van der Waals surface area contributed by atoms with Crippen molar-refractivity contribution >= 4 is 11.6 Å². The van der Waals surface area contributed by atoms with E-state index in [2.05, 4.69) is 5.32 Å². The molecule has 2 rings (SSSR count). The van der Waals surface area contributed by atoms with Crippen LogP contribution in [-0.2, 0) is 0 Å². The minimum absolute atomic E-state index is 0.0569. The fraction of sp³-hybridized carbons (Fsp3) is 0.188. The van der Waals surface area contributed by atoms with Gasteiger partial charge in [-0.15, -0.1) is 0 Å². The molecule has 2 aromatic carbocycles. The van der Waals surface area contributed by atoms with E-state index in [0.717, 1.165) is 5.56 Å². The van der Waals surface area contributed by atoms with Crippen LogP contribution in [0, 0.1) is 6.92 Å². The van der Waals surface area contributed by atoms with Crippen molar-refractivity contribution in [1.29, 1.82) is 0 Å². The number of hydrogen-bond donors (Lipinski definition) is 2. The van der Waals surface area contributed by atoms with Crippen LogP contribution in [0.5, 0.6) is 17.2 Å². The van der Waals surface area contributed by atoms with Crippen molar-refractivity contribution in [3.05, 3.63) is 47.5 Å². The number of hydrogen-bond acceptors (Lipinski definition) is 4. The predicted molar refractivity (Wildman–Crippen MR) is 80.3 cm³/mol. The van der Waals surface area contributed by atoms with E-state index < -0.39 is 0 Å². The second kappa shape index (κ2) is 6.17. The van der Waals surface area contributed by atoms with Crippen molar-refractivity contribution in [3.8, 4) is 17.2 Å². The first kappa shape index (κ1) is 14.7. The molecule has 0 fully saturated rings. The van der Waals surface area contributed by atoms with Gasteiger partial charge in [-0.1, -0.05) is 11.6 Å². The normalized spacial score (nSPS) is 10.0. The fourth-order valence-electron chi connectivity index (χ4n) is 1.94. The minimum atomic E-state index is -0.386. The van der Waals surface area contributed by atoms with Gasteiger partial charge in [0, 0.05) is 11.8 Å². The molecular weight excluding hydrogens is 270 g/mol. The highest BCUT2D eigenvalue weighted by atomic mass is 16.5. The van der Waals surface area contributed by atoms with Gasteiger partial charge in [-0.3, -0.25) is 4.79 Å². The summed E-state index contributed by atoms with van der Waals surface area (Å²) in [6, 6.07) is 9.92. The third kappa shape index (κ3) is 3.25. The maximum atomic E-state index is 12.2. The van der Waals surface area contributed by atoms with Crippen LogP contribution in [0.15, 0.2) is 36.4 Å². The zero-order valence-corrected chi connectivity index (χ0v) is 12.1. The van der Waals surface area contributed by atoms with E-state index >= 15 is 0 Å². The maximum Gasteiger partial charge on any atom is 0.259 e. The van der Waals surface area contributed by atoms with E-state index in [9.17, 15) is 9.90 Å². The van der Waals surface area contributed by atoms with Crippen LogP contribution >= 0.6 is 0 Å². The highest BCUT2D eigenvalue weighted by Gasteiger charge is 2.13. The van der Waals surface area contributed by atoms with Crippen molar-refractivity contribution in [2.45, 2.75) is 6.92 Å². The number of ether oxygens (including phenoxy) is 2. The van der Waals surface area contributed by atoms with Crippen molar-refractivity contribution in [2.24, 2.45) is 0 Å². The lowest BCUT2D eigenvalue weighted by molar-refractivity contribution is 0.102. The number of aryl methyl sites for hydroxylation is 1. The zero-order chi connectivity index (χ0) is 15.4. The Morgan fingerprint density at radius 2 is 1.76 bits per heavy atom. The maximum absolute atomic E-state index is 12.2. The zero-order valence-electron chi connectivity index (χ0n) is 12.1. The Hall–Kier alpha value is -2.69. The number of amides is 1. The van der Waals surface area contributed by atoms with Crippen LogP contribution in [0.2, 0.25) is 0 Å². The number of carbonyl (C=O) groups is 1. The third-order valence-corrected chi connectivity index (χ3v) is 3.04. The second-order valence-electron chi connectivity index (χ2n) is 4.54. The number of phenolic OH excluding ortho intramolecular Hbond substituents is 1. The Balaban J connectivity index is 2.25. The van der Waals surface area contributed by atoms with Crippen molar-refractivity contribution in [3.63, 3.8) is 0 Å². The lowest BCUT2D eigenvalue weighted by atomic mass is 10.1. The van der Waals surface area contributed by atoms with Gasteiger partial charge in [0.15, 0.2) is 11.5 Å². The SMILES string of the molecule is COc1ccc(NC(=O)c2cc(C)ccc2O)cc1OC. The third-order valence-electron chi connectivity index (χ3n) is 3.04. The van der Waals surface area contributed by atoms with Gasteiger partial charge < -0.3 is 19.9 Å². The topological polar surface area (TPSA) is 67.8 Å². The smallest absolute Gasteiger partial charge is 0.259 e. The molecule has 0 aromatic heterocycles. The fourth-order valence-corrected chi connectivity index (χ4v) is 1.94. The van der Waals surface area contributed by atoms with Gasteiger partial charge >= 0.3 is 0 Å². The number of carbonyl (C=O) groups excluding carboxylic acids is 1. The predicted octanol–water partition coefficient (Wildman–Crippen LogP) is 2.97. The molecule has 0 aliphatic rings. The van der Waals surface area contributed by atoms with E-state index in [1.54, 1.807) is 37.4 Å². The van der Waals surface area contributed by atoms with Gasteiger partial charge in [0.1, 0.15) is 5.75 Å². The number of phenols is 1. The van der Waals surface area contributed by atoms with E-state index in [1.165, 1.54) is 13.2 Å². The molecule has 0 radical (unpaired) electrons. The summed E-state index contributed by atoms with van der Waals surface area (Å²) in [4.78, 5) is 12.2. The molecule has 21 heavy (non-hydrogen) atoms. The van der Waals surface area contributed by atoms with Gasteiger partial charge in [0.05, 0.1) is 19.8 Å². The van der Waals surface area contributed by atoms with Gasteiger partial charge in [-0.2, -0.15) is 0 Å². The lowest BCUT2D eigenvalue weighted by Gasteiger charge is -2.11. The first-order valence-electron chi connectivity index (χ1n) is 6.38. The molecule has 0 atom stereocenters. The summed E-state index contributed by atoms with van der Waals surface area (Å²) in [5, 5.41) is 12.5. The molecule has 0 spiro atoms. The molecule has 110 valence electrons. The number of rotatable bonds is 4. The largest absolute Gasteiger partial charge is 0.507 e. The number of aromatic hydroxyl groups is 1. The Kier molecular flexibility index (Phi) is 4.33. The molecule has 0 aliphatic heterocycles. The van der Waals surface area contributed by atoms with Gasteiger partial charge in [0.25, 0.3) is 5.91 Å². The molecule has 5 heteroatoms. The summed E-state index contributed by atoms with van der Waals surface area (Å²) < 4.78 is 10.3. The molecule has 0 saturated carbocycles. The van der Waals surface area contributed by atoms with Gasteiger partial charge in [-0.25, -0.2) is 0 Å². The van der Waals surface area contributed by atoms with E-state index in [4.69, 9.17) is 9.47 Å². The van der Waals surface area contributed by atoms with E-state index in [0.29, 0.717) is 17.2 Å². The molecule has 1 amide bonds. The number of nitrogens with one attached hydrogen (secondary N) is 1. The highest BCUT2D eigenvalue weighted by Crippen LogP contribution is 2.30. The van der Waals surface area contributed by atoms with E-state index in [1.807, 2.05) is 6.92 Å². The molecule has 0 aliphatic carbocycles. The summed E-state index contributed by atoms with van der Waals surface area (Å²) in [6.07, 6.45) is 0. The van der Waals surface area contributed by atoms with Crippen LogP contribution in [0.1, 0.15) is 15.9 Å². The number of anilines is 1. The molecule has 2 aromatic rings. The summed E-state index contributed by atoms with van der Waals surface area (Å²) in [6.45, 7) is 1.85. The monoisotopic (exact) mass is 287 g/mol. The second-order valence-corrected chi connectivity index (χ2v) is 4.54. The Labute approximate surface area is 123 Å². The van der Waals surface area contributed by atoms with Crippen LogP contribution in [-0.4, -0.2) is 25.2 Å². The van der Waals surface area contributed by atoms with E-state index in [-0.39, 0.29) is 17.2 Å². The Morgan fingerprint density at radius 3 is 2.43 bits per heavy atom. The molecular formula is C16H17NO4. The molecule has 0 bridgehead atoms. The standard InChI is InChI=1S/C16H17NO4/c1-10-4-6-13(18)12(8-10)16(19)17-11-5-7-14(20-2)15(9-11)21-3/h4-9,18H,1-3H3,(H,17,19). The van der Waals surface area contributed by atoms with Crippen LogP contribution in [0.3, 0.4) is 0 Å². The van der Waals surface area contributed by atoms with Crippen LogP contribution < -0.4 is 14.8 Å². The van der Waals surface area contributed by atoms with Crippen LogP contribution in [0.4, 0.5) is 5.69 Å². The first-order valence-corrected chi connectivity index (χ1v) is 6.38. The quantitative estimate of drug-likeness (QED) is 0.907. The Bertz CT molecular complexity index is 667. The first-order chi connectivity index (χ1) is 10.0. The van der Waals surface area contributed by atoms with Crippen molar-refractivity contribution in [2.75, 3.05) is 19.5 Å². The highest BCUT2D eigenvalue weighted by molar-refractivity contribution is 6.06. The van der Waals surface area contributed by atoms with Crippen molar-refractivity contribution in [1.82, 2.24) is 0 Å². The summed E-state index contributed by atoms with van der Waals surface area (Å²) in [5.41, 5.74) is 1.67. The summed E-state index contributed by atoms with van der Waals surface area (Å²) >= 11 is 0. The molecule has 0 unspecified atom stereocenters. The lowest BCUT2D eigenvalue weighted by Crippen LogP contribution is -2.12. The molecule has 0 saturated heterocycles. The Morgan fingerprint density at radius 1 is 1.05 bits per heavy atom. The average Bonchev–Trinajstić information content (AvgIpc) is 2.49. The molecule has 0 heterocycles. The van der Waals surface area contributed by atoms with Crippen molar-refractivity contribution < 1.29 is 19.4 Å². The minimum Gasteiger partial charge on any atom is -0.507 e. The number of methoxy groups -OCH3 is 2. The molecule has 2 N–H and O–H groups in total. The summed E-state index contributed by atoms with van der Waals surface area (Å²) in [5.74, 6) is 0.652. The van der Waals surface area contributed by atoms with Gasteiger partial charge in [-0.05, 0) is 31.2 Å². The van der Waals surface area contributed by atoms with Crippen LogP contribution in [0.25, 0.3) is 0 Å². The van der Waals surface area contributed by atoms with Gasteiger partial charge in [0.2, 0.25) is 0 Å². The molecule has 5 nitrogen and oxygen atoms in total. The number of benzene rings is 2. The average molecular weight is 287 g/mol. The summed E-state index contributed by atoms with van der Waals surface area (Å²) in [7, 11) is 3.07.